The van der Waals surface area contributed by atoms with Gasteiger partial charge in [0.1, 0.15) is 12.7 Å². The molecule has 0 atom stereocenters. The Labute approximate surface area is 193 Å². The van der Waals surface area contributed by atoms with Crippen molar-refractivity contribution in [2.45, 2.75) is 79.4 Å². The number of esters is 1. The summed E-state index contributed by atoms with van der Waals surface area (Å²) in [6.07, 6.45) is 3.10. The number of hydrogen-bond donors (Lipinski definition) is 0. The van der Waals surface area contributed by atoms with Crippen molar-refractivity contribution < 1.29 is 24.5 Å². The molecule has 0 spiro atoms. The van der Waals surface area contributed by atoms with Gasteiger partial charge in [-0.2, -0.15) is 0 Å². The third kappa shape index (κ3) is 9.75. The number of Topliss-reactive ketones (excluding diaryl/α,β-unsaturated/α-hetero) is 1. The third-order valence-corrected chi connectivity index (χ3v) is 5.01. The maximum absolute atomic E-state index is 12.2. The monoisotopic (exact) mass is 444 g/mol. The fourth-order valence-electron chi connectivity index (χ4n) is 3.24. The first-order valence-electron chi connectivity index (χ1n) is 11.5. The molecule has 2 aromatic carbocycles. The van der Waals surface area contributed by atoms with E-state index in [0.717, 1.165) is 36.8 Å². The predicted molar refractivity (Wildman–Crippen MR) is 130 cm³/mol. The van der Waals surface area contributed by atoms with E-state index in [1.165, 1.54) is 0 Å². The normalized spacial score (nSPS) is 16.8. The van der Waals surface area contributed by atoms with Crippen molar-refractivity contribution in [2.24, 2.45) is 0 Å². The minimum absolute atomic E-state index is 0. The van der Waals surface area contributed by atoms with Crippen LogP contribution in [0.3, 0.4) is 0 Å². The van der Waals surface area contributed by atoms with E-state index in [9.17, 15) is 9.59 Å². The lowest BCUT2D eigenvalue weighted by Crippen LogP contribution is -2.29. The molecule has 1 aliphatic carbocycles. The molecule has 0 saturated heterocycles. The van der Waals surface area contributed by atoms with Gasteiger partial charge in [-0.05, 0) is 51.7 Å². The van der Waals surface area contributed by atoms with E-state index < -0.39 is 0 Å². The molecule has 0 unspecified atom stereocenters. The SMILES string of the molecule is CC.CC.Cc1ccc(C(=O)COC2CCC(OC(=O)c3ccc(C)cc3)CC2)cc1.O. The second-order valence-corrected chi connectivity index (χ2v) is 7.27. The van der Waals surface area contributed by atoms with Crippen LogP contribution in [0.2, 0.25) is 0 Å². The molecule has 32 heavy (non-hydrogen) atoms. The van der Waals surface area contributed by atoms with Crippen LogP contribution in [0.4, 0.5) is 0 Å². The Morgan fingerprint density at radius 2 is 1.12 bits per heavy atom. The lowest BCUT2D eigenvalue weighted by molar-refractivity contribution is -0.0156. The summed E-state index contributed by atoms with van der Waals surface area (Å²) in [5.41, 5.74) is 3.51. The van der Waals surface area contributed by atoms with Crippen molar-refractivity contribution in [1.82, 2.24) is 0 Å². The third-order valence-electron chi connectivity index (χ3n) is 5.01. The van der Waals surface area contributed by atoms with E-state index in [1.54, 1.807) is 12.1 Å². The lowest BCUT2D eigenvalue weighted by Gasteiger charge is -2.28. The zero-order valence-electron chi connectivity index (χ0n) is 20.4. The average Bonchev–Trinajstić information content (AvgIpc) is 2.82. The maximum atomic E-state index is 12.2. The number of benzene rings is 2. The van der Waals surface area contributed by atoms with Crippen molar-refractivity contribution in [3.63, 3.8) is 0 Å². The van der Waals surface area contributed by atoms with Gasteiger partial charge in [0.25, 0.3) is 0 Å². The summed E-state index contributed by atoms with van der Waals surface area (Å²) < 4.78 is 11.4. The van der Waals surface area contributed by atoms with Crippen LogP contribution >= 0.6 is 0 Å². The molecule has 1 fully saturated rings. The van der Waals surface area contributed by atoms with Crippen LogP contribution in [0.15, 0.2) is 48.5 Å². The van der Waals surface area contributed by atoms with Gasteiger partial charge in [-0.25, -0.2) is 4.79 Å². The molecule has 0 radical (unpaired) electrons. The van der Waals surface area contributed by atoms with Gasteiger partial charge < -0.3 is 14.9 Å². The molecule has 178 valence electrons. The van der Waals surface area contributed by atoms with Gasteiger partial charge in [-0.3, -0.25) is 4.79 Å². The van der Waals surface area contributed by atoms with Gasteiger partial charge in [-0.1, -0.05) is 75.2 Å². The van der Waals surface area contributed by atoms with Crippen LogP contribution in [0, 0.1) is 13.8 Å². The summed E-state index contributed by atoms with van der Waals surface area (Å²) >= 11 is 0. The highest BCUT2D eigenvalue weighted by molar-refractivity contribution is 5.97. The van der Waals surface area contributed by atoms with Crippen molar-refractivity contribution in [3.8, 4) is 0 Å². The Kier molecular flexibility index (Phi) is 14.9. The van der Waals surface area contributed by atoms with Crippen molar-refractivity contribution in [3.05, 3.63) is 70.8 Å². The van der Waals surface area contributed by atoms with Gasteiger partial charge in [0.2, 0.25) is 0 Å². The number of ketones is 1. The van der Waals surface area contributed by atoms with E-state index in [-0.39, 0.29) is 36.0 Å². The molecule has 5 heteroatoms. The zero-order valence-corrected chi connectivity index (χ0v) is 20.4. The Morgan fingerprint density at radius 1 is 0.719 bits per heavy atom. The molecule has 0 aromatic heterocycles. The fraction of sp³-hybridized carbons (Fsp3) is 0.481. The number of hydrogen-bond acceptors (Lipinski definition) is 4. The van der Waals surface area contributed by atoms with Crippen molar-refractivity contribution in [2.75, 3.05) is 6.61 Å². The van der Waals surface area contributed by atoms with Crippen LogP contribution in [-0.2, 0) is 9.47 Å². The highest BCUT2D eigenvalue weighted by Gasteiger charge is 2.25. The standard InChI is InChI=1S/C23H26O4.2C2H6.H2O/c1-16-3-7-18(8-4-16)22(24)15-26-20-11-13-21(14-12-20)27-23(25)19-9-5-17(2)6-10-19;2*1-2;/h3-10,20-21H,11-15H2,1-2H3;2*1-2H3;1H2. The summed E-state index contributed by atoms with van der Waals surface area (Å²) in [4.78, 5) is 24.4. The first kappa shape index (κ1) is 29.5. The number of carbonyl (C=O) groups is 2. The zero-order chi connectivity index (χ0) is 23.2. The molecule has 3 rings (SSSR count). The van der Waals surface area contributed by atoms with Crippen LogP contribution < -0.4 is 0 Å². The van der Waals surface area contributed by atoms with E-state index in [2.05, 4.69) is 0 Å². The first-order chi connectivity index (χ1) is 15.0. The minimum atomic E-state index is -0.270. The van der Waals surface area contributed by atoms with Crippen LogP contribution in [0.5, 0.6) is 0 Å². The second kappa shape index (κ2) is 16.2. The summed E-state index contributed by atoms with van der Waals surface area (Å²) in [7, 11) is 0. The summed E-state index contributed by atoms with van der Waals surface area (Å²) in [6, 6.07) is 14.9. The van der Waals surface area contributed by atoms with E-state index in [1.807, 2.05) is 77.9 Å². The predicted octanol–water partition coefficient (Wildman–Crippen LogP) is 5.90. The molecule has 2 aromatic rings. The first-order valence-corrected chi connectivity index (χ1v) is 11.5. The molecule has 0 aliphatic heterocycles. The van der Waals surface area contributed by atoms with E-state index >= 15 is 0 Å². The number of ether oxygens (including phenoxy) is 2. The molecule has 1 saturated carbocycles. The smallest absolute Gasteiger partial charge is 0.338 e. The topological polar surface area (TPSA) is 84.1 Å². The van der Waals surface area contributed by atoms with Crippen molar-refractivity contribution >= 4 is 11.8 Å². The molecule has 0 bridgehead atoms. The average molecular weight is 445 g/mol. The Morgan fingerprint density at radius 3 is 1.59 bits per heavy atom. The summed E-state index contributed by atoms with van der Waals surface area (Å²) in [5.74, 6) is -0.267. The van der Waals surface area contributed by atoms with Gasteiger partial charge in [0.05, 0.1) is 11.7 Å². The quantitative estimate of drug-likeness (QED) is 0.410. The largest absolute Gasteiger partial charge is 0.459 e. The summed E-state index contributed by atoms with van der Waals surface area (Å²) in [5, 5.41) is 0. The van der Waals surface area contributed by atoms with Crippen LogP contribution in [0.25, 0.3) is 0 Å². The molecular weight excluding hydrogens is 404 g/mol. The van der Waals surface area contributed by atoms with Gasteiger partial charge >= 0.3 is 5.97 Å². The molecule has 1 aliphatic rings. The lowest BCUT2D eigenvalue weighted by atomic mass is 9.95. The second-order valence-electron chi connectivity index (χ2n) is 7.27. The Bertz CT molecular complexity index is 773. The van der Waals surface area contributed by atoms with E-state index in [0.29, 0.717) is 11.1 Å². The number of aryl methyl sites for hydroxylation is 2. The number of carbonyl (C=O) groups excluding carboxylic acids is 2. The van der Waals surface area contributed by atoms with Crippen molar-refractivity contribution in [1.29, 1.82) is 0 Å². The van der Waals surface area contributed by atoms with Crippen LogP contribution in [0.1, 0.15) is 85.2 Å². The fourth-order valence-corrected chi connectivity index (χ4v) is 3.24. The van der Waals surface area contributed by atoms with Gasteiger partial charge in [-0.15, -0.1) is 0 Å². The summed E-state index contributed by atoms with van der Waals surface area (Å²) in [6.45, 7) is 12.1. The molecule has 5 nitrogen and oxygen atoms in total. The highest BCUT2D eigenvalue weighted by Crippen LogP contribution is 2.24. The van der Waals surface area contributed by atoms with Gasteiger partial charge in [0, 0.05) is 5.56 Å². The minimum Gasteiger partial charge on any atom is -0.459 e. The maximum Gasteiger partial charge on any atom is 0.338 e. The van der Waals surface area contributed by atoms with Crippen LogP contribution in [-0.4, -0.2) is 36.0 Å². The Hall–Kier alpha value is -2.50. The number of rotatable bonds is 6. The van der Waals surface area contributed by atoms with Gasteiger partial charge in [0.15, 0.2) is 5.78 Å². The Balaban J connectivity index is 0.00000182. The molecule has 0 heterocycles. The molecule has 2 N–H and O–H groups in total. The molecular formula is C27H40O5. The molecule has 0 amide bonds. The van der Waals surface area contributed by atoms with E-state index in [4.69, 9.17) is 9.47 Å². The highest BCUT2D eigenvalue weighted by atomic mass is 16.5.